The van der Waals surface area contributed by atoms with Crippen LogP contribution in [0, 0.1) is 0 Å². The Morgan fingerprint density at radius 2 is 1.82 bits per heavy atom. The molecule has 1 N–H and O–H groups in total. The van der Waals surface area contributed by atoms with Crippen molar-refractivity contribution in [2.75, 3.05) is 52.7 Å². The maximum absolute atomic E-state index is 11.3. The minimum atomic E-state index is -0.772. The molecule has 1 amide bonds. The number of carbonyl (C=O) groups is 2. The first kappa shape index (κ1) is 20.1. The van der Waals surface area contributed by atoms with Gasteiger partial charge in [-0.2, -0.15) is 0 Å². The third kappa shape index (κ3) is 14.6. The van der Waals surface area contributed by atoms with E-state index in [2.05, 4.69) is 37.1 Å². The van der Waals surface area contributed by atoms with E-state index in [0.717, 1.165) is 0 Å². The Kier molecular flexibility index (Phi) is 14.2. The molecule has 0 heterocycles. The minimum absolute atomic E-state index is 0.278. The van der Waals surface area contributed by atoms with Crippen LogP contribution >= 0.6 is 0 Å². The second-order valence-electron chi connectivity index (χ2n) is 3.56. The highest BCUT2D eigenvalue weighted by atomic mass is 32.1. The number of hydrogen-bond acceptors (Lipinski definition) is 9. The molecule has 124 valence electrons. The van der Waals surface area contributed by atoms with Crippen molar-refractivity contribution in [2.45, 2.75) is 0 Å². The molecule has 0 aromatic heterocycles. The van der Waals surface area contributed by atoms with Gasteiger partial charge in [0, 0.05) is 18.0 Å². The number of azide groups is 1. The van der Waals surface area contributed by atoms with Crippen molar-refractivity contribution in [1.29, 1.82) is 0 Å². The van der Waals surface area contributed by atoms with E-state index in [9.17, 15) is 9.59 Å². The number of carbonyl (C=O) groups excluding carboxylic acids is 2. The predicted octanol–water partition coefficient (Wildman–Crippen LogP) is -0.349. The Balaban J connectivity index is 3.29. The Labute approximate surface area is 132 Å². The van der Waals surface area contributed by atoms with Crippen LogP contribution < -0.4 is 5.32 Å². The van der Waals surface area contributed by atoms with Gasteiger partial charge in [-0.1, -0.05) is 5.11 Å². The molecule has 0 aromatic carbocycles. The highest BCUT2D eigenvalue weighted by molar-refractivity contribution is 7.47. The summed E-state index contributed by atoms with van der Waals surface area (Å²) in [5.74, 6) is -1.16. The number of nitrogens with zero attached hydrogens (tertiary/aromatic N) is 4. The van der Waals surface area contributed by atoms with Gasteiger partial charge in [0.05, 0.1) is 38.9 Å². The smallest absolute Gasteiger partial charge is 0.361 e. The molecule has 11 nitrogen and oxygen atoms in total. The lowest BCUT2D eigenvalue weighted by atomic mass is 10.6. The summed E-state index contributed by atoms with van der Waals surface area (Å²) in [4.78, 5) is 28.7. The van der Waals surface area contributed by atoms with E-state index in [4.69, 9.17) is 19.7 Å². The molecule has 0 aliphatic rings. The number of amides is 1. The Morgan fingerprint density at radius 1 is 1.09 bits per heavy atom. The van der Waals surface area contributed by atoms with Crippen LogP contribution in [0.5, 0.6) is 0 Å². The van der Waals surface area contributed by atoms with E-state index in [1.54, 1.807) is 0 Å². The van der Waals surface area contributed by atoms with Gasteiger partial charge in [-0.05, 0) is 10.1 Å². The van der Waals surface area contributed by atoms with E-state index in [1.807, 2.05) is 0 Å². The summed E-state index contributed by atoms with van der Waals surface area (Å²) in [7, 11) is 0. The standard InChI is InChI=1S/C10H17N5O6S/c11-14-13-2-4-19-6-5-18-3-1-12-9(16)7-20-8-10(17)21-15-22/h1-8H2,(H,12,16). The summed E-state index contributed by atoms with van der Waals surface area (Å²) < 4.78 is 17.8. The largest absolute Gasteiger partial charge is 0.379 e. The number of rotatable bonds is 14. The topological polar surface area (TPSA) is 144 Å². The monoisotopic (exact) mass is 335 g/mol. The molecular weight excluding hydrogens is 318 g/mol. The van der Waals surface area contributed by atoms with Crippen LogP contribution in [-0.4, -0.2) is 64.6 Å². The number of ether oxygens (including phenoxy) is 3. The van der Waals surface area contributed by atoms with Crippen LogP contribution in [0.3, 0.4) is 0 Å². The Morgan fingerprint density at radius 3 is 2.50 bits per heavy atom. The molecule has 0 bridgehead atoms. The van der Waals surface area contributed by atoms with Crippen molar-refractivity contribution in [3.8, 4) is 0 Å². The number of hydrogen-bond donors (Lipinski definition) is 1. The zero-order valence-corrected chi connectivity index (χ0v) is 12.6. The predicted molar refractivity (Wildman–Crippen MR) is 75.4 cm³/mol. The van der Waals surface area contributed by atoms with Gasteiger partial charge in [0.25, 0.3) is 0 Å². The van der Waals surface area contributed by atoms with E-state index < -0.39 is 18.5 Å². The van der Waals surface area contributed by atoms with Crippen molar-refractivity contribution in [3.63, 3.8) is 0 Å². The summed E-state index contributed by atoms with van der Waals surface area (Å²) in [5.41, 5.74) is 8.02. The van der Waals surface area contributed by atoms with Crippen molar-refractivity contribution in [3.05, 3.63) is 10.4 Å². The molecule has 0 saturated carbocycles. The molecular formula is C10H17N5O6S. The van der Waals surface area contributed by atoms with E-state index in [-0.39, 0.29) is 13.2 Å². The van der Waals surface area contributed by atoms with E-state index >= 15 is 0 Å². The molecule has 0 aliphatic carbocycles. The van der Waals surface area contributed by atoms with Gasteiger partial charge in [0.1, 0.15) is 13.2 Å². The van der Waals surface area contributed by atoms with Crippen LogP contribution in [0.4, 0.5) is 0 Å². The SMILES string of the molecule is [N-]=[N+]=NCCOCCOCCNC(=O)COCC(=O)ON=S. The molecule has 0 saturated heterocycles. The van der Waals surface area contributed by atoms with Crippen LogP contribution in [-0.2, 0) is 41.1 Å². The van der Waals surface area contributed by atoms with Gasteiger partial charge < -0.3 is 24.4 Å². The summed E-state index contributed by atoms with van der Waals surface area (Å²) in [6.45, 7) is 1.26. The maximum atomic E-state index is 11.3. The lowest BCUT2D eigenvalue weighted by Gasteiger charge is -2.07. The average Bonchev–Trinajstić information content (AvgIpc) is 2.49. The van der Waals surface area contributed by atoms with Gasteiger partial charge in [-0.15, -0.1) is 0 Å². The summed E-state index contributed by atoms with van der Waals surface area (Å²) in [6.07, 6.45) is 0. The van der Waals surface area contributed by atoms with Gasteiger partial charge in [-0.3, -0.25) is 4.79 Å². The lowest BCUT2D eigenvalue weighted by Crippen LogP contribution is -2.31. The average molecular weight is 335 g/mol. The normalized spacial score (nSPS) is 9.64. The second-order valence-corrected chi connectivity index (χ2v) is 3.71. The molecule has 0 atom stereocenters. The third-order valence-corrected chi connectivity index (χ3v) is 2.01. The van der Waals surface area contributed by atoms with Crippen molar-refractivity contribution < 1.29 is 28.6 Å². The van der Waals surface area contributed by atoms with Crippen LogP contribution in [0.1, 0.15) is 0 Å². The highest BCUT2D eigenvalue weighted by Crippen LogP contribution is 1.83. The first-order valence-corrected chi connectivity index (χ1v) is 6.60. The summed E-state index contributed by atoms with van der Waals surface area (Å²) in [6, 6.07) is 0. The second kappa shape index (κ2) is 15.5. The Hall–Kier alpha value is -1.85. The Bertz CT molecular complexity index is 390. The zero-order chi connectivity index (χ0) is 16.5. The fraction of sp³-hybridized carbons (Fsp3) is 0.800. The highest BCUT2D eigenvalue weighted by Gasteiger charge is 2.05. The first-order valence-electron chi connectivity index (χ1n) is 6.24. The first-order chi connectivity index (χ1) is 10.7. The number of nitrogens with one attached hydrogen (secondary N) is 1. The molecule has 0 aromatic rings. The molecule has 22 heavy (non-hydrogen) atoms. The summed E-state index contributed by atoms with van der Waals surface area (Å²) >= 11 is 4.06. The van der Waals surface area contributed by atoms with Gasteiger partial charge in [0.2, 0.25) is 5.91 Å². The fourth-order valence-corrected chi connectivity index (χ4v) is 1.16. The van der Waals surface area contributed by atoms with Crippen LogP contribution in [0.15, 0.2) is 9.64 Å². The summed E-state index contributed by atoms with van der Waals surface area (Å²) in [5, 5.41) is 5.83. The minimum Gasteiger partial charge on any atom is -0.379 e. The third-order valence-electron chi connectivity index (χ3n) is 1.93. The van der Waals surface area contributed by atoms with Gasteiger partial charge in [0.15, 0.2) is 0 Å². The molecule has 0 fully saturated rings. The van der Waals surface area contributed by atoms with Crippen LogP contribution in [0.25, 0.3) is 10.4 Å². The van der Waals surface area contributed by atoms with Crippen molar-refractivity contribution in [2.24, 2.45) is 9.64 Å². The molecule has 0 aliphatic heterocycles. The quantitative estimate of drug-likeness (QED) is 0.150. The molecule has 0 rings (SSSR count). The lowest BCUT2D eigenvalue weighted by molar-refractivity contribution is -0.149. The zero-order valence-electron chi connectivity index (χ0n) is 11.8. The molecule has 12 heteroatoms. The van der Waals surface area contributed by atoms with Gasteiger partial charge >= 0.3 is 5.97 Å². The van der Waals surface area contributed by atoms with Gasteiger partial charge in [-0.25, -0.2) is 4.79 Å². The van der Waals surface area contributed by atoms with E-state index in [0.29, 0.717) is 33.0 Å². The van der Waals surface area contributed by atoms with Crippen molar-refractivity contribution in [1.82, 2.24) is 5.32 Å². The van der Waals surface area contributed by atoms with Crippen molar-refractivity contribution >= 4 is 24.3 Å². The fourth-order valence-electron chi connectivity index (χ4n) is 1.08. The van der Waals surface area contributed by atoms with Crippen LogP contribution in [0.2, 0.25) is 0 Å². The maximum Gasteiger partial charge on any atom is 0.361 e. The van der Waals surface area contributed by atoms with E-state index in [1.165, 1.54) is 0 Å². The molecule has 0 radical (unpaired) electrons. The molecule has 0 unspecified atom stereocenters. The molecule has 0 spiro atoms.